The van der Waals surface area contributed by atoms with Crippen LogP contribution in [0.15, 0.2) is 71.7 Å². The third-order valence-electron chi connectivity index (χ3n) is 4.94. The van der Waals surface area contributed by atoms with Crippen LogP contribution in [0.25, 0.3) is 0 Å². The third-order valence-corrected chi connectivity index (χ3v) is 4.94. The second kappa shape index (κ2) is 8.21. The molecule has 0 N–H and O–H groups in total. The van der Waals surface area contributed by atoms with Gasteiger partial charge < -0.3 is 9.47 Å². The summed E-state index contributed by atoms with van der Waals surface area (Å²) in [7, 11) is 1.58. The van der Waals surface area contributed by atoms with E-state index in [0.29, 0.717) is 12.1 Å². The van der Waals surface area contributed by atoms with Crippen molar-refractivity contribution in [2.24, 2.45) is 0 Å². The van der Waals surface area contributed by atoms with E-state index in [1.807, 2.05) is 31.2 Å². The highest BCUT2D eigenvalue weighted by molar-refractivity contribution is 5.93. The number of halogens is 1. The molecule has 0 saturated carbocycles. The Hall–Kier alpha value is -3.21. The maximum absolute atomic E-state index is 14.1. The Bertz CT molecular complexity index is 1060. The van der Waals surface area contributed by atoms with Crippen molar-refractivity contribution in [3.8, 4) is 0 Å². The highest BCUT2D eigenvalue weighted by Crippen LogP contribution is 2.22. The predicted octanol–water partition coefficient (Wildman–Crippen LogP) is 4.18. The van der Waals surface area contributed by atoms with Gasteiger partial charge in [0.15, 0.2) is 0 Å². The number of carbonyl (C=O) groups excluding carboxylic acids is 1. The van der Waals surface area contributed by atoms with E-state index < -0.39 is 11.9 Å². The molecule has 3 rings (SSSR count). The monoisotopic (exact) mass is 378 g/mol. The SMILES string of the molecule is Cc1cccc(Cn2cccc(C(=O)N(C)[C@H](C)c3ccccc3F)c2=O)c1. The number of aromatic nitrogens is 1. The van der Waals surface area contributed by atoms with Crippen molar-refractivity contribution in [2.45, 2.75) is 26.4 Å². The van der Waals surface area contributed by atoms with E-state index in [1.165, 1.54) is 21.6 Å². The minimum Gasteiger partial charge on any atom is -0.335 e. The summed E-state index contributed by atoms with van der Waals surface area (Å²) in [6.45, 7) is 4.12. The summed E-state index contributed by atoms with van der Waals surface area (Å²) in [5.41, 5.74) is 2.22. The zero-order valence-electron chi connectivity index (χ0n) is 16.2. The van der Waals surface area contributed by atoms with Gasteiger partial charge in [-0.15, -0.1) is 0 Å². The topological polar surface area (TPSA) is 42.3 Å². The van der Waals surface area contributed by atoms with Gasteiger partial charge >= 0.3 is 0 Å². The number of rotatable bonds is 5. The Morgan fingerprint density at radius 1 is 1.11 bits per heavy atom. The van der Waals surface area contributed by atoms with E-state index >= 15 is 0 Å². The normalized spacial score (nSPS) is 11.9. The van der Waals surface area contributed by atoms with Gasteiger partial charge in [0.05, 0.1) is 12.6 Å². The first-order valence-electron chi connectivity index (χ1n) is 9.15. The van der Waals surface area contributed by atoms with Crippen LogP contribution < -0.4 is 5.56 Å². The summed E-state index contributed by atoms with van der Waals surface area (Å²) < 4.78 is 15.6. The number of hydrogen-bond acceptors (Lipinski definition) is 2. The van der Waals surface area contributed by atoms with Crippen LogP contribution >= 0.6 is 0 Å². The Balaban J connectivity index is 1.88. The highest BCUT2D eigenvalue weighted by atomic mass is 19.1. The summed E-state index contributed by atoms with van der Waals surface area (Å²) in [6.07, 6.45) is 1.67. The minimum absolute atomic E-state index is 0.0702. The standard InChI is InChI=1S/C23H23FN2O2/c1-16-8-6-9-18(14-16)15-26-13-7-11-20(23(26)28)22(27)25(3)17(2)19-10-4-5-12-21(19)24/h4-14,17H,15H2,1-3H3/t17-/m1/s1. The van der Waals surface area contributed by atoms with Gasteiger partial charge in [-0.3, -0.25) is 9.59 Å². The first kappa shape index (κ1) is 19.5. The number of aryl methyl sites for hydroxylation is 1. The molecule has 0 aliphatic heterocycles. The summed E-state index contributed by atoms with van der Waals surface area (Å²) in [5, 5.41) is 0. The zero-order chi connectivity index (χ0) is 20.3. The van der Waals surface area contributed by atoms with Crippen molar-refractivity contribution in [3.63, 3.8) is 0 Å². The maximum atomic E-state index is 14.1. The molecule has 1 heterocycles. The lowest BCUT2D eigenvalue weighted by molar-refractivity contribution is 0.0738. The fraction of sp³-hybridized carbons (Fsp3) is 0.217. The van der Waals surface area contributed by atoms with Crippen LogP contribution in [-0.2, 0) is 6.54 Å². The van der Waals surface area contributed by atoms with Crippen molar-refractivity contribution in [3.05, 3.63) is 105 Å². The number of carbonyl (C=O) groups is 1. The number of nitrogens with zero attached hydrogens (tertiary/aromatic N) is 2. The van der Waals surface area contributed by atoms with Crippen molar-refractivity contribution in [1.29, 1.82) is 0 Å². The van der Waals surface area contributed by atoms with Crippen LogP contribution in [0.2, 0.25) is 0 Å². The second-order valence-electron chi connectivity index (χ2n) is 6.96. The Morgan fingerprint density at radius 2 is 1.86 bits per heavy atom. The van der Waals surface area contributed by atoms with Crippen LogP contribution in [0, 0.1) is 12.7 Å². The molecule has 0 aliphatic carbocycles. The molecule has 0 bridgehead atoms. The molecule has 1 aromatic heterocycles. The van der Waals surface area contributed by atoms with E-state index in [0.717, 1.165) is 11.1 Å². The minimum atomic E-state index is -0.501. The molecule has 4 nitrogen and oxygen atoms in total. The molecule has 5 heteroatoms. The molecular weight excluding hydrogens is 355 g/mol. The summed E-state index contributed by atoms with van der Waals surface area (Å²) in [6, 6.07) is 16.9. The van der Waals surface area contributed by atoms with Gasteiger partial charge in [-0.2, -0.15) is 0 Å². The third kappa shape index (κ3) is 4.03. The molecule has 144 valence electrons. The average molecular weight is 378 g/mol. The predicted molar refractivity (Wildman–Crippen MR) is 108 cm³/mol. The molecule has 0 fully saturated rings. The molecule has 3 aromatic rings. The van der Waals surface area contributed by atoms with Crippen LogP contribution in [0.5, 0.6) is 0 Å². The van der Waals surface area contributed by atoms with Gasteiger partial charge in [-0.25, -0.2) is 4.39 Å². The Kier molecular flexibility index (Phi) is 5.73. The lowest BCUT2D eigenvalue weighted by atomic mass is 10.1. The average Bonchev–Trinajstić information content (AvgIpc) is 2.68. The number of amides is 1. The Morgan fingerprint density at radius 3 is 2.57 bits per heavy atom. The van der Waals surface area contributed by atoms with E-state index in [9.17, 15) is 14.0 Å². The second-order valence-corrected chi connectivity index (χ2v) is 6.96. The number of benzene rings is 2. The molecule has 0 unspecified atom stereocenters. The van der Waals surface area contributed by atoms with Gasteiger partial charge in [0.25, 0.3) is 11.5 Å². The lowest BCUT2D eigenvalue weighted by Crippen LogP contribution is -2.36. The van der Waals surface area contributed by atoms with E-state index in [4.69, 9.17) is 0 Å². The van der Waals surface area contributed by atoms with Gasteiger partial charge in [0.2, 0.25) is 0 Å². The molecule has 0 aliphatic rings. The summed E-state index contributed by atoms with van der Waals surface area (Å²) in [4.78, 5) is 27.2. The maximum Gasteiger partial charge on any atom is 0.263 e. The molecule has 0 saturated heterocycles. The fourth-order valence-electron chi connectivity index (χ4n) is 3.22. The number of hydrogen-bond donors (Lipinski definition) is 0. The molecule has 0 radical (unpaired) electrons. The highest BCUT2D eigenvalue weighted by Gasteiger charge is 2.23. The summed E-state index contributed by atoms with van der Waals surface area (Å²) >= 11 is 0. The molecule has 28 heavy (non-hydrogen) atoms. The Labute approximate surface area is 163 Å². The molecular formula is C23H23FN2O2. The van der Waals surface area contributed by atoms with Crippen molar-refractivity contribution in [1.82, 2.24) is 9.47 Å². The smallest absolute Gasteiger partial charge is 0.263 e. The van der Waals surface area contributed by atoms with E-state index in [1.54, 1.807) is 44.4 Å². The summed E-state index contributed by atoms with van der Waals surface area (Å²) in [5.74, 6) is -0.807. The van der Waals surface area contributed by atoms with Crippen molar-refractivity contribution in [2.75, 3.05) is 7.05 Å². The van der Waals surface area contributed by atoms with Gasteiger partial charge in [-0.05, 0) is 37.6 Å². The van der Waals surface area contributed by atoms with Crippen LogP contribution in [-0.4, -0.2) is 22.4 Å². The van der Waals surface area contributed by atoms with Crippen LogP contribution in [0.4, 0.5) is 4.39 Å². The molecule has 0 spiro atoms. The lowest BCUT2D eigenvalue weighted by Gasteiger charge is -2.25. The largest absolute Gasteiger partial charge is 0.335 e. The van der Waals surface area contributed by atoms with E-state index in [2.05, 4.69) is 0 Å². The number of pyridine rings is 1. The van der Waals surface area contributed by atoms with Gasteiger partial charge in [0.1, 0.15) is 11.4 Å². The molecule has 1 amide bonds. The van der Waals surface area contributed by atoms with E-state index in [-0.39, 0.29) is 16.9 Å². The molecule has 2 aromatic carbocycles. The quantitative estimate of drug-likeness (QED) is 0.668. The first-order chi connectivity index (χ1) is 13.4. The van der Waals surface area contributed by atoms with Crippen LogP contribution in [0.1, 0.15) is 40.0 Å². The first-order valence-corrected chi connectivity index (χ1v) is 9.15. The van der Waals surface area contributed by atoms with Crippen LogP contribution in [0.3, 0.4) is 0 Å². The van der Waals surface area contributed by atoms with Gasteiger partial charge in [0, 0.05) is 18.8 Å². The van der Waals surface area contributed by atoms with Gasteiger partial charge in [-0.1, -0.05) is 48.0 Å². The zero-order valence-corrected chi connectivity index (χ0v) is 16.2. The van der Waals surface area contributed by atoms with Crippen molar-refractivity contribution < 1.29 is 9.18 Å². The molecule has 1 atom stereocenters. The van der Waals surface area contributed by atoms with Crippen molar-refractivity contribution >= 4 is 5.91 Å². The fourth-order valence-corrected chi connectivity index (χ4v) is 3.22.